The third-order valence-corrected chi connectivity index (χ3v) is 6.02. The Morgan fingerprint density at radius 1 is 1.21 bits per heavy atom. The minimum atomic E-state index is -0.551. The second-order valence-corrected chi connectivity index (χ2v) is 8.53. The van der Waals surface area contributed by atoms with E-state index in [1.807, 2.05) is 30.9 Å². The summed E-state index contributed by atoms with van der Waals surface area (Å²) < 4.78 is 6.12. The molecule has 0 saturated carbocycles. The van der Waals surface area contributed by atoms with E-state index in [4.69, 9.17) is 16.3 Å². The van der Waals surface area contributed by atoms with Gasteiger partial charge in [-0.15, -0.1) is 0 Å². The average molecular weight is 414 g/mol. The number of fused-ring (bicyclic) bond motifs is 1. The summed E-state index contributed by atoms with van der Waals surface area (Å²) in [6.45, 7) is 6.98. The molecule has 0 spiro atoms. The van der Waals surface area contributed by atoms with Crippen molar-refractivity contribution in [1.29, 1.82) is 0 Å². The first-order valence-corrected chi connectivity index (χ1v) is 10.2. The summed E-state index contributed by atoms with van der Waals surface area (Å²) in [5.41, 5.74) is 1.69. The molecule has 2 aromatic rings. The number of amides is 2. The zero-order valence-corrected chi connectivity index (χ0v) is 17.6. The number of rotatable bonds is 3. The quantitative estimate of drug-likeness (QED) is 0.762. The first-order chi connectivity index (χ1) is 13.8. The minimum absolute atomic E-state index is 0.0287. The Labute approximate surface area is 175 Å². The molecule has 152 valence electrons. The van der Waals surface area contributed by atoms with Crippen LogP contribution in [0.5, 0.6) is 5.75 Å². The number of anilines is 1. The molecule has 0 bridgehead atoms. The van der Waals surface area contributed by atoms with E-state index in [9.17, 15) is 9.59 Å². The van der Waals surface area contributed by atoms with E-state index in [-0.39, 0.29) is 17.9 Å². The van der Waals surface area contributed by atoms with Crippen molar-refractivity contribution < 1.29 is 14.3 Å². The van der Waals surface area contributed by atoms with E-state index >= 15 is 0 Å². The van der Waals surface area contributed by atoms with Gasteiger partial charge in [0, 0.05) is 49.5 Å². The maximum Gasteiger partial charge on any atom is 0.259 e. The van der Waals surface area contributed by atoms with Gasteiger partial charge >= 0.3 is 0 Å². The van der Waals surface area contributed by atoms with Crippen LogP contribution >= 0.6 is 11.6 Å². The van der Waals surface area contributed by atoms with E-state index in [0.717, 1.165) is 18.4 Å². The lowest BCUT2D eigenvalue weighted by Gasteiger charge is -2.33. The Morgan fingerprint density at radius 2 is 1.93 bits per heavy atom. The van der Waals surface area contributed by atoms with Crippen molar-refractivity contribution in [3.8, 4) is 5.75 Å². The summed E-state index contributed by atoms with van der Waals surface area (Å²) in [5, 5.41) is 0.610. The van der Waals surface area contributed by atoms with Gasteiger partial charge in [-0.1, -0.05) is 11.6 Å². The fraction of sp³-hybridized carbons (Fsp3) is 0.409. The Kier molecular flexibility index (Phi) is 4.99. The zero-order valence-electron chi connectivity index (χ0n) is 16.8. The topological polar surface area (TPSA) is 62.7 Å². The van der Waals surface area contributed by atoms with Crippen LogP contribution in [0.4, 0.5) is 5.69 Å². The standard InChI is InChI=1S/C22H24ClN3O3/c1-14(27)25-8-6-17(7-9-25)29-18-11-16(12-24-13-18)26-21(28)19-5-4-15(23)10-20(19)22(26,2)3/h4-5,10-13,17H,6-9H2,1-3H3. The van der Waals surface area contributed by atoms with Crippen molar-refractivity contribution in [2.75, 3.05) is 18.0 Å². The van der Waals surface area contributed by atoms with Gasteiger partial charge in [-0.2, -0.15) is 0 Å². The maximum atomic E-state index is 13.1. The summed E-state index contributed by atoms with van der Waals surface area (Å²) in [5.74, 6) is 0.651. The third-order valence-electron chi connectivity index (χ3n) is 5.78. The number of likely N-dealkylation sites (tertiary alicyclic amines) is 1. The molecule has 2 aliphatic heterocycles. The van der Waals surface area contributed by atoms with Crippen LogP contribution in [-0.2, 0) is 10.3 Å². The molecule has 6 nitrogen and oxygen atoms in total. The van der Waals surface area contributed by atoms with Gasteiger partial charge in [0.25, 0.3) is 5.91 Å². The summed E-state index contributed by atoms with van der Waals surface area (Å²) in [6, 6.07) is 7.23. The van der Waals surface area contributed by atoms with E-state index < -0.39 is 5.54 Å². The smallest absolute Gasteiger partial charge is 0.259 e. The highest BCUT2D eigenvalue weighted by molar-refractivity contribution is 6.31. The monoisotopic (exact) mass is 413 g/mol. The van der Waals surface area contributed by atoms with Gasteiger partial charge in [0.1, 0.15) is 11.9 Å². The van der Waals surface area contributed by atoms with Gasteiger partial charge < -0.3 is 9.64 Å². The molecule has 1 aromatic carbocycles. The predicted octanol–water partition coefficient (Wildman–Crippen LogP) is 4.02. The molecule has 0 atom stereocenters. The molecule has 0 radical (unpaired) electrons. The molecule has 29 heavy (non-hydrogen) atoms. The number of pyridine rings is 1. The summed E-state index contributed by atoms with van der Waals surface area (Å²) in [7, 11) is 0. The van der Waals surface area contributed by atoms with Crippen molar-refractivity contribution in [2.45, 2.75) is 45.3 Å². The molecule has 3 heterocycles. The van der Waals surface area contributed by atoms with Gasteiger partial charge in [0.15, 0.2) is 0 Å². The first-order valence-electron chi connectivity index (χ1n) is 9.79. The minimum Gasteiger partial charge on any atom is -0.489 e. The van der Waals surface area contributed by atoms with Crippen molar-refractivity contribution >= 4 is 29.1 Å². The van der Waals surface area contributed by atoms with Crippen LogP contribution in [0, 0.1) is 0 Å². The highest BCUT2D eigenvalue weighted by Crippen LogP contribution is 2.43. The van der Waals surface area contributed by atoms with Gasteiger partial charge in [-0.25, -0.2) is 0 Å². The fourth-order valence-corrected chi connectivity index (χ4v) is 4.39. The number of ether oxygens (including phenoxy) is 1. The highest BCUT2D eigenvalue weighted by Gasteiger charge is 2.44. The van der Waals surface area contributed by atoms with Crippen molar-refractivity contribution in [3.63, 3.8) is 0 Å². The van der Waals surface area contributed by atoms with Gasteiger partial charge in [-0.05, 0) is 37.6 Å². The lowest BCUT2D eigenvalue weighted by atomic mass is 9.93. The lowest BCUT2D eigenvalue weighted by Crippen LogP contribution is -2.41. The second kappa shape index (κ2) is 7.34. The zero-order chi connectivity index (χ0) is 20.8. The van der Waals surface area contributed by atoms with Crippen LogP contribution in [0.1, 0.15) is 49.5 Å². The first kappa shape index (κ1) is 19.7. The third kappa shape index (κ3) is 3.57. The molecule has 2 aliphatic rings. The van der Waals surface area contributed by atoms with Crippen LogP contribution < -0.4 is 9.64 Å². The Balaban J connectivity index is 1.55. The molecule has 1 saturated heterocycles. The van der Waals surface area contributed by atoms with Crippen LogP contribution in [0.25, 0.3) is 0 Å². The van der Waals surface area contributed by atoms with E-state index in [1.165, 1.54) is 0 Å². The molecule has 0 aliphatic carbocycles. The highest BCUT2D eigenvalue weighted by atomic mass is 35.5. The van der Waals surface area contributed by atoms with Crippen molar-refractivity contribution in [3.05, 3.63) is 52.8 Å². The van der Waals surface area contributed by atoms with E-state index in [2.05, 4.69) is 4.98 Å². The fourth-order valence-electron chi connectivity index (χ4n) is 4.22. The van der Waals surface area contributed by atoms with E-state index in [1.54, 1.807) is 36.4 Å². The van der Waals surface area contributed by atoms with Crippen molar-refractivity contribution in [1.82, 2.24) is 9.88 Å². The Bertz CT molecular complexity index is 968. The predicted molar refractivity (Wildman–Crippen MR) is 111 cm³/mol. The Morgan fingerprint density at radius 3 is 2.62 bits per heavy atom. The van der Waals surface area contributed by atoms with Crippen molar-refractivity contribution in [2.24, 2.45) is 0 Å². The molecule has 1 aromatic heterocycles. The van der Waals surface area contributed by atoms with Gasteiger partial charge in [0.2, 0.25) is 5.91 Å². The molecule has 2 amide bonds. The SMILES string of the molecule is CC(=O)N1CCC(Oc2cncc(N3C(=O)c4ccc(Cl)cc4C3(C)C)c2)CC1. The molecule has 7 heteroatoms. The molecule has 4 rings (SSSR count). The lowest BCUT2D eigenvalue weighted by molar-refractivity contribution is -0.130. The Hall–Kier alpha value is -2.60. The summed E-state index contributed by atoms with van der Waals surface area (Å²) in [4.78, 5) is 32.5. The summed E-state index contributed by atoms with van der Waals surface area (Å²) >= 11 is 6.17. The molecule has 0 N–H and O–H groups in total. The van der Waals surface area contributed by atoms with Crippen LogP contribution in [-0.4, -0.2) is 40.9 Å². The van der Waals surface area contributed by atoms with Crippen LogP contribution in [0.3, 0.4) is 0 Å². The maximum absolute atomic E-state index is 13.1. The molecular formula is C22H24ClN3O3. The number of aromatic nitrogens is 1. The number of nitrogens with zero attached hydrogens (tertiary/aromatic N) is 3. The molecule has 1 fully saturated rings. The number of benzene rings is 1. The number of carbonyl (C=O) groups is 2. The average Bonchev–Trinajstić information content (AvgIpc) is 2.87. The van der Waals surface area contributed by atoms with E-state index in [0.29, 0.717) is 35.1 Å². The number of carbonyl (C=O) groups excluding carboxylic acids is 2. The summed E-state index contributed by atoms with van der Waals surface area (Å²) in [6.07, 6.45) is 4.93. The van der Waals surface area contributed by atoms with Gasteiger partial charge in [-0.3, -0.25) is 19.5 Å². The number of hydrogen-bond donors (Lipinski definition) is 0. The largest absolute Gasteiger partial charge is 0.489 e. The molecule has 0 unspecified atom stereocenters. The van der Waals surface area contributed by atoms with Crippen LogP contribution in [0.2, 0.25) is 5.02 Å². The van der Waals surface area contributed by atoms with Crippen LogP contribution in [0.15, 0.2) is 36.7 Å². The molecular weight excluding hydrogens is 390 g/mol. The normalized spacial score (nSPS) is 18.7. The number of piperidine rings is 1. The number of hydrogen-bond acceptors (Lipinski definition) is 4. The second-order valence-electron chi connectivity index (χ2n) is 8.09. The number of halogens is 1. The van der Waals surface area contributed by atoms with Gasteiger partial charge in [0.05, 0.1) is 23.6 Å².